The van der Waals surface area contributed by atoms with Crippen LogP contribution in [0.1, 0.15) is 17.2 Å². The normalized spacial score (nSPS) is 32.2. The van der Waals surface area contributed by atoms with Crippen molar-refractivity contribution < 1.29 is 55.1 Å². The Kier molecular flexibility index (Phi) is 6.03. The zero-order valence-electron chi connectivity index (χ0n) is 16.6. The molecule has 0 spiro atoms. The van der Waals surface area contributed by atoms with Gasteiger partial charge in [-0.05, 0) is 17.7 Å². The zero-order valence-corrected chi connectivity index (χ0v) is 16.6. The third-order valence-corrected chi connectivity index (χ3v) is 5.65. The van der Waals surface area contributed by atoms with Crippen molar-refractivity contribution in [3.05, 3.63) is 41.5 Å². The van der Waals surface area contributed by atoms with Gasteiger partial charge in [0.25, 0.3) is 0 Å². The molecule has 4 rings (SSSR count). The molecule has 2 aromatic rings. The number of rotatable bonds is 4. The molecule has 0 aliphatic carbocycles. The molecule has 8 N–H and O–H groups in total. The van der Waals surface area contributed by atoms with Gasteiger partial charge in [-0.1, -0.05) is 6.07 Å². The number of phenols is 4. The van der Waals surface area contributed by atoms with E-state index in [1.54, 1.807) is 0 Å². The first-order valence-corrected chi connectivity index (χ1v) is 9.89. The van der Waals surface area contributed by atoms with E-state index in [0.717, 1.165) is 6.07 Å². The van der Waals surface area contributed by atoms with Crippen LogP contribution in [-0.4, -0.2) is 84.3 Å². The van der Waals surface area contributed by atoms with Crippen molar-refractivity contribution >= 4 is 0 Å². The van der Waals surface area contributed by atoms with E-state index >= 15 is 0 Å². The summed E-state index contributed by atoms with van der Waals surface area (Å²) >= 11 is 0. The van der Waals surface area contributed by atoms with Gasteiger partial charge in [0, 0.05) is 24.1 Å². The molecule has 2 heterocycles. The molecule has 0 saturated carbocycles. The summed E-state index contributed by atoms with van der Waals surface area (Å²) in [4.78, 5) is 0. The van der Waals surface area contributed by atoms with Crippen LogP contribution >= 0.6 is 0 Å². The molecule has 174 valence electrons. The van der Waals surface area contributed by atoms with Gasteiger partial charge in [-0.15, -0.1) is 0 Å². The standard InChI is InChI=1S/C21H24O11/c22-7-16-17(27)18(28)19(29)21(32-16)31-15-6-10-12(25)4-9(23)5-14(10)30-20(15)8-1-2-11(24)13(26)3-8/h1-5,15-29H,6-7H2/t15-,16+,17+,18-,19+,20-,21-/m0/s1. The summed E-state index contributed by atoms with van der Waals surface area (Å²) in [5.74, 6) is -1.10. The number of hydrogen-bond acceptors (Lipinski definition) is 11. The van der Waals surface area contributed by atoms with E-state index in [4.69, 9.17) is 14.2 Å². The molecule has 2 aliphatic rings. The molecule has 7 atom stereocenters. The molecule has 0 unspecified atom stereocenters. The molecule has 0 radical (unpaired) electrons. The van der Waals surface area contributed by atoms with Crippen LogP contribution in [0.15, 0.2) is 30.3 Å². The molecule has 11 nitrogen and oxygen atoms in total. The molecule has 32 heavy (non-hydrogen) atoms. The SMILES string of the molecule is OC[C@H]1O[C@H](O[C@H]2Cc3c(O)cc(O)cc3O[C@H]2c2ccc(O)c(O)c2)[C@H](O)[C@@H](O)[C@@H]1O. The van der Waals surface area contributed by atoms with E-state index in [1.807, 2.05) is 0 Å². The van der Waals surface area contributed by atoms with Gasteiger partial charge < -0.3 is 55.1 Å². The Labute approximate surface area is 181 Å². The predicted octanol–water partition coefficient (Wildman–Crippen LogP) is -0.630. The van der Waals surface area contributed by atoms with Crippen molar-refractivity contribution in [2.75, 3.05) is 6.61 Å². The van der Waals surface area contributed by atoms with Crippen LogP contribution in [0.25, 0.3) is 0 Å². The van der Waals surface area contributed by atoms with E-state index in [2.05, 4.69) is 0 Å². The lowest BCUT2D eigenvalue weighted by Crippen LogP contribution is -2.60. The van der Waals surface area contributed by atoms with Crippen molar-refractivity contribution in [3.8, 4) is 28.7 Å². The van der Waals surface area contributed by atoms with Crippen LogP contribution in [0.4, 0.5) is 0 Å². The van der Waals surface area contributed by atoms with Gasteiger partial charge in [-0.25, -0.2) is 0 Å². The quantitative estimate of drug-likeness (QED) is 0.276. The maximum absolute atomic E-state index is 10.3. The number of hydrogen-bond donors (Lipinski definition) is 8. The summed E-state index contributed by atoms with van der Waals surface area (Å²) in [5.41, 5.74) is 0.667. The molecular weight excluding hydrogens is 428 g/mol. The van der Waals surface area contributed by atoms with Crippen LogP contribution < -0.4 is 4.74 Å². The lowest BCUT2D eigenvalue weighted by Gasteiger charge is -2.43. The van der Waals surface area contributed by atoms with Crippen LogP contribution in [0.5, 0.6) is 28.7 Å². The summed E-state index contributed by atoms with van der Waals surface area (Å²) in [6.07, 6.45) is -9.41. The van der Waals surface area contributed by atoms with Crippen molar-refractivity contribution in [2.24, 2.45) is 0 Å². The smallest absolute Gasteiger partial charge is 0.187 e. The van der Waals surface area contributed by atoms with Gasteiger partial charge in [-0.2, -0.15) is 0 Å². The number of aliphatic hydroxyl groups excluding tert-OH is 4. The Balaban J connectivity index is 1.68. The van der Waals surface area contributed by atoms with E-state index in [-0.39, 0.29) is 29.4 Å². The predicted molar refractivity (Wildman–Crippen MR) is 105 cm³/mol. The minimum absolute atomic E-state index is 0.0166. The maximum atomic E-state index is 10.3. The lowest BCUT2D eigenvalue weighted by atomic mass is 9.93. The molecule has 0 bridgehead atoms. The van der Waals surface area contributed by atoms with Gasteiger partial charge in [0.15, 0.2) is 23.9 Å². The van der Waals surface area contributed by atoms with Gasteiger partial charge >= 0.3 is 0 Å². The fourth-order valence-corrected chi connectivity index (χ4v) is 3.92. The molecule has 0 aromatic heterocycles. The molecule has 1 saturated heterocycles. The highest BCUT2D eigenvalue weighted by atomic mass is 16.7. The van der Waals surface area contributed by atoms with Crippen molar-refractivity contribution in [3.63, 3.8) is 0 Å². The lowest BCUT2D eigenvalue weighted by molar-refractivity contribution is -0.317. The average Bonchev–Trinajstić information content (AvgIpc) is 2.76. The van der Waals surface area contributed by atoms with Crippen molar-refractivity contribution in [1.82, 2.24) is 0 Å². The number of ether oxygens (including phenoxy) is 3. The number of aromatic hydroxyl groups is 4. The summed E-state index contributed by atoms with van der Waals surface area (Å²) in [6.45, 7) is -0.635. The highest BCUT2D eigenvalue weighted by Gasteiger charge is 2.46. The van der Waals surface area contributed by atoms with E-state index in [0.29, 0.717) is 11.1 Å². The second-order valence-corrected chi connectivity index (χ2v) is 7.80. The van der Waals surface area contributed by atoms with Crippen molar-refractivity contribution in [2.45, 2.75) is 49.3 Å². The minimum Gasteiger partial charge on any atom is -0.508 e. The zero-order chi connectivity index (χ0) is 23.2. The van der Waals surface area contributed by atoms with Crippen molar-refractivity contribution in [1.29, 1.82) is 0 Å². The van der Waals surface area contributed by atoms with Crippen LogP contribution in [0, 0.1) is 0 Å². The second-order valence-electron chi connectivity index (χ2n) is 7.80. The second kappa shape index (κ2) is 8.62. The highest BCUT2D eigenvalue weighted by molar-refractivity contribution is 5.52. The van der Waals surface area contributed by atoms with Crippen LogP contribution in [0.2, 0.25) is 0 Å². The maximum Gasteiger partial charge on any atom is 0.187 e. The first-order chi connectivity index (χ1) is 15.2. The van der Waals surface area contributed by atoms with E-state index in [1.165, 1.54) is 24.3 Å². The van der Waals surface area contributed by atoms with Gasteiger partial charge in [0.2, 0.25) is 0 Å². The Morgan fingerprint density at radius 1 is 0.875 bits per heavy atom. The first-order valence-electron chi connectivity index (χ1n) is 9.89. The van der Waals surface area contributed by atoms with Gasteiger partial charge in [0.05, 0.1) is 6.61 Å². The Hall–Kier alpha value is -2.80. The third kappa shape index (κ3) is 4.01. The third-order valence-electron chi connectivity index (χ3n) is 5.65. The summed E-state index contributed by atoms with van der Waals surface area (Å²) in [7, 11) is 0. The van der Waals surface area contributed by atoms with E-state index in [9.17, 15) is 40.9 Å². The van der Waals surface area contributed by atoms with Crippen LogP contribution in [-0.2, 0) is 15.9 Å². The number of phenolic OH excluding ortho intramolecular Hbond substituents is 4. The molecule has 2 aliphatic heterocycles. The first kappa shape index (κ1) is 22.4. The highest BCUT2D eigenvalue weighted by Crippen LogP contribution is 2.44. The number of aliphatic hydroxyl groups is 4. The van der Waals surface area contributed by atoms with E-state index < -0.39 is 55.3 Å². The largest absolute Gasteiger partial charge is 0.508 e. The van der Waals surface area contributed by atoms with Gasteiger partial charge in [-0.3, -0.25) is 0 Å². The molecule has 2 aromatic carbocycles. The fourth-order valence-electron chi connectivity index (χ4n) is 3.92. The minimum atomic E-state index is -1.66. The molecule has 0 amide bonds. The summed E-state index contributed by atoms with van der Waals surface area (Å²) in [6, 6.07) is 6.38. The summed E-state index contributed by atoms with van der Waals surface area (Å²) < 4.78 is 17.2. The Morgan fingerprint density at radius 3 is 2.31 bits per heavy atom. The monoisotopic (exact) mass is 452 g/mol. The Bertz CT molecular complexity index is 978. The summed E-state index contributed by atoms with van der Waals surface area (Å²) in [5, 5.41) is 79.4. The van der Waals surface area contributed by atoms with Crippen LogP contribution in [0.3, 0.4) is 0 Å². The molecule has 1 fully saturated rings. The van der Waals surface area contributed by atoms with Gasteiger partial charge in [0.1, 0.15) is 47.8 Å². The Morgan fingerprint density at radius 2 is 1.62 bits per heavy atom. The molecular formula is C21H24O11. The number of benzene rings is 2. The number of fused-ring (bicyclic) bond motifs is 1. The average molecular weight is 452 g/mol. The molecule has 11 heteroatoms. The topological polar surface area (TPSA) is 190 Å². The fraction of sp³-hybridized carbons (Fsp3) is 0.429.